The normalized spacial score (nSPS) is 16.7. The van der Waals surface area contributed by atoms with Gasteiger partial charge < -0.3 is 14.2 Å². The van der Waals surface area contributed by atoms with E-state index in [1.165, 1.54) is 6.42 Å². The van der Waals surface area contributed by atoms with Crippen LogP contribution in [0.5, 0.6) is 11.5 Å². The second-order valence-corrected chi connectivity index (χ2v) is 6.83. The Morgan fingerprint density at radius 1 is 1.15 bits per heavy atom. The Labute approximate surface area is 161 Å². The zero-order valence-electron chi connectivity index (χ0n) is 16.2. The Balaban J connectivity index is 1.69. The van der Waals surface area contributed by atoms with Gasteiger partial charge in [-0.3, -0.25) is 4.79 Å². The first kappa shape index (κ1) is 19.4. The maximum Gasteiger partial charge on any atom is 0.193 e. The molecule has 2 aromatic rings. The predicted molar refractivity (Wildman–Crippen MR) is 106 cm³/mol. The van der Waals surface area contributed by atoms with Gasteiger partial charge in [0.1, 0.15) is 0 Å². The quantitative estimate of drug-likeness (QED) is 0.626. The molecule has 1 fully saturated rings. The van der Waals surface area contributed by atoms with E-state index in [2.05, 4.69) is 6.92 Å². The number of hydrogen-bond acceptors (Lipinski definition) is 4. The topological polar surface area (TPSA) is 44.8 Å². The lowest BCUT2D eigenvalue weighted by molar-refractivity contribution is 0.00390. The van der Waals surface area contributed by atoms with Crippen LogP contribution in [0.1, 0.15) is 54.1 Å². The van der Waals surface area contributed by atoms with Crippen LogP contribution in [0.15, 0.2) is 42.5 Å². The van der Waals surface area contributed by atoms with E-state index in [1.54, 1.807) is 13.2 Å². The van der Waals surface area contributed by atoms with E-state index in [0.29, 0.717) is 23.7 Å². The van der Waals surface area contributed by atoms with Crippen molar-refractivity contribution in [2.45, 2.75) is 45.1 Å². The van der Waals surface area contributed by atoms with Gasteiger partial charge in [0.2, 0.25) is 0 Å². The van der Waals surface area contributed by atoms with Gasteiger partial charge in [-0.05, 0) is 49.4 Å². The molecule has 0 amide bonds. The van der Waals surface area contributed by atoms with Gasteiger partial charge in [0, 0.05) is 24.2 Å². The third-order valence-corrected chi connectivity index (χ3v) is 5.04. The molecule has 4 nitrogen and oxygen atoms in total. The summed E-state index contributed by atoms with van der Waals surface area (Å²) in [5.74, 6) is 1.25. The molecule has 1 heterocycles. The molecule has 0 saturated carbocycles. The van der Waals surface area contributed by atoms with Crippen molar-refractivity contribution in [3.63, 3.8) is 0 Å². The molecule has 0 bridgehead atoms. The molecule has 0 spiro atoms. The van der Waals surface area contributed by atoms with Crippen LogP contribution in [0, 0.1) is 0 Å². The van der Waals surface area contributed by atoms with Crippen molar-refractivity contribution in [2.75, 3.05) is 20.3 Å². The number of carbonyl (C=O) groups excluding carboxylic acids is 1. The lowest BCUT2D eigenvalue weighted by Gasteiger charge is -2.22. The van der Waals surface area contributed by atoms with Gasteiger partial charge in [-0.2, -0.15) is 0 Å². The summed E-state index contributed by atoms with van der Waals surface area (Å²) in [6.07, 6.45) is 5.46. The Kier molecular flexibility index (Phi) is 6.88. The summed E-state index contributed by atoms with van der Waals surface area (Å²) in [6, 6.07) is 13.1. The Morgan fingerprint density at radius 3 is 2.74 bits per heavy atom. The molecule has 0 aliphatic carbocycles. The highest BCUT2D eigenvalue weighted by molar-refractivity contribution is 6.10. The summed E-state index contributed by atoms with van der Waals surface area (Å²) in [7, 11) is 1.60. The number of benzene rings is 2. The van der Waals surface area contributed by atoms with Crippen LogP contribution in [0.25, 0.3) is 0 Å². The third kappa shape index (κ3) is 4.89. The number of methoxy groups -OCH3 is 1. The standard InChI is InChI=1S/C23H28O4/c1-3-17-8-4-5-10-20(17)23(24)18-11-12-21(22(16-18)25-2)27-15-13-19-9-6-7-14-26-19/h4-5,8,10-12,16,19H,3,6-7,9,13-15H2,1-2H3. The smallest absolute Gasteiger partial charge is 0.193 e. The summed E-state index contributed by atoms with van der Waals surface area (Å²) in [6.45, 7) is 3.48. The fourth-order valence-corrected chi connectivity index (χ4v) is 3.47. The van der Waals surface area contributed by atoms with Crippen molar-refractivity contribution in [1.29, 1.82) is 0 Å². The highest BCUT2D eigenvalue weighted by Crippen LogP contribution is 2.30. The van der Waals surface area contributed by atoms with E-state index >= 15 is 0 Å². The molecular formula is C23H28O4. The van der Waals surface area contributed by atoms with Crippen LogP contribution in [-0.2, 0) is 11.2 Å². The minimum atomic E-state index is 0.00732. The number of rotatable bonds is 8. The van der Waals surface area contributed by atoms with E-state index in [1.807, 2.05) is 36.4 Å². The number of ketones is 1. The Bertz CT molecular complexity index is 763. The van der Waals surface area contributed by atoms with Crippen LogP contribution >= 0.6 is 0 Å². The van der Waals surface area contributed by atoms with Crippen molar-refractivity contribution in [3.8, 4) is 11.5 Å². The zero-order valence-corrected chi connectivity index (χ0v) is 16.2. The van der Waals surface area contributed by atoms with Crippen LogP contribution < -0.4 is 9.47 Å². The maximum absolute atomic E-state index is 12.9. The van der Waals surface area contributed by atoms with E-state index < -0.39 is 0 Å². The molecule has 0 aromatic heterocycles. The number of hydrogen-bond donors (Lipinski definition) is 0. The molecule has 3 rings (SSSR count). The summed E-state index contributed by atoms with van der Waals surface area (Å²) in [4.78, 5) is 12.9. The predicted octanol–water partition coefficient (Wildman–Crippen LogP) is 4.83. The second-order valence-electron chi connectivity index (χ2n) is 6.83. The summed E-state index contributed by atoms with van der Waals surface area (Å²) in [5.41, 5.74) is 2.40. The van der Waals surface area contributed by atoms with Crippen molar-refractivity contribution >= 4 is 5.78 Å². The molecule has 27 heavy (non-hydrogen) atoms. The Morgan fingerprint density at radius 2 is 2.00 bits per heavy atom. The minimum Gasteiger partial charge on any atom is -0.493 e. The van der Waals surface area contributed by atoms with Gasteiger partial charge in [0.05, 0.1) is 19.8 Å². The SMILES string of the molecule is CCc1ccccc1C(=O)c1ccc(OCCC2CCCCO2)c(OC)c1. The van der Waals surface area contributed by atoms with Crippen molar-refractivity contribution in [2.24, 2.45) is 0 Å². The van der Waals surface area contributed by atoms with Crippen LogP contribution in [0.2, 0.25) is 0 Å². The number of aryl methyl sites for hydroxylation is 1. The zero-order chi connectivity index (χ0) is 19.1. The molecule has 0 N–H and O–H groups in total. The first-order valence-corrected chi connectivity index (χ1v) is 9.78. The summed E-state index contributed by atoms with van der Waals surface area (Å²) < 4.78 is 17.1. The number of ether oxygens (including phenoxy) is 3. The van der Waals surface area contributed by atoms with Gasteiger partial charge in [0.15, 0.2) is 17.3 Å². The van der Waals surface area contributed by atoms with Gasteiger partial charge >= 0.3 is 0 Å². The maximum atomic E-state index is 12.9. The van der Waals surface area contributed by atoms with Gasteiger partial charge in [-0.15, -0.1) is 0 Å². The van der Waals surface area contributed by atoms with E-state index in [9.17, 15) is 4.79 Å². The third-order valence-electron chi connectivity index (χ3n) is 5.04. The molecule has 1 unspecified atom stereocenters. The van der Waals surface area contributed by atoms with Crippen molar-refractivity contribution in [3.05, 3.63) is 59.2 Å². The highest BCUT2D eigenvalue weighted by Gasteiger charge is 2.17. The lowest BCUT2D eigenvalue weighted by Crippen LogP contribution is -2.21. The van der Waals surface area contributed by atoms with Crippen molar-refractivity contribution in [1.82, 2.24) is 0 Å². The first-order chi connectivity index (χ1) is 13.2. The average Bonchev–Trinajstić information content (AvgIpc) is 2.74. The molecule has 2 aromatic carbocycles. The molecule has 1 saturated heterocycles. The summed E-state index contributed by atoms with van der Waals surface area (Å²) in [5, 5.41) is 0. The van der Waals surface area contributed by atoms with Gasteiger partial charge in [0.25, 0.3) is 0 Å². The molecule has 1 atom stereocenters. The van der Waals surface area contributed by atoms with Gasteiger partial charge in [-0.1, -0.05) is 31.2 Å². The van der Waals surface area contributed by atoms with Crippen molar-refractivity contribution < 1.29 is 19.0 Å². The molecule has 0 radical (unpaired) electrons. The van der Waals surface area contributed by atoms with E-state index in [0.717, 1.165) is 43.4 Å². The molecular weight excluding hydrogens is 340 g/mol. The largest absolute Gasteiger partial charge is 0.493 e. The van der Waals surface area contributed by atoms with Crippen LogP contribution in [0.4, 0.5) is 0 Å². The molecule has 144 valence electrons. The summed E-state index contributed by atoms with van der Waals surface area (Å²) >= 11 is 0. The fraction of sp³-hybridized carbons (Fsp3) is 0.435. The first-order valence-electron chi connectivity index (χ1n) is 9.78. The molecule has 4 heteroatoms. The Hall–Kier alpha value is -2.33. The minimum absolute atomic E-state index is 0.00732. The molecule has 1 aliphatic rings. The number of carbonyl (C=O) groups is 1. The second kappa shape index (κ2) is 9.56. The fourth-order valence-electron chi connectivity index (χ4n) is 3.47. The van der Waals surface area contributed by atoms with E-state index in [-0.39, 0.29) is 11.9 Å². The van der Waals surface area contributed by atoms with E-state index in [4.69, 9.17) is 14.2 Å². The van der Waals surface area contributed by atoms with Gasteiger partial charge in [-0.25, -0.2) is 0 Å². The lowest BCUT2D eigenvalue weighted by atomic mass is 9.97. The monoisotopic (exact) mass is 368 g/mol. The average molecular weight is 368 g/mol. The highest BCUT2D eigenvalue weighted by atomic mass is 16.5. The molecule has 1 aliphatic heterocycles. The van der Waals surface area contributed by atoms with Crippen LogP contribution in [-0.4, -0.2) is 32.2 Å². The van der Waals surface area contributed by atoms with Crippen LogP contribution in [0.3, 0.4) is 0 Å².